The Labute approximate surface area is 184 Å². The second-order valence-corrected chi connectivity index (χ2v) is 9.09. The molecule has 2 aliphatic heterocycles. The van der Waals surface area contributed by atoms with Crippen LogP contribution in [0.4, 0.5) is 0 Å². The van der Waals surface area contributed by atoms with Gasteiger partial charge in [0.05, 0.1) is 6.54 Å². The molecule has 172 valence electrons. The molecule has 8 heteroatoms. The second-order valence-electron chi connectivity index (χ2n) is 9.09. The summed E-state index contributed by atoms with van der Waals surface area (Å²) in [6.07, 6.45) is 2.64. The Kier molecular flexibility index (Phi) is 7.91. The molecular weight excluding hydrogens is 396 g/mol. The topological polar surface area (TPSA) is 96.4 Å². The molecule has 2 saturated heterocycles. The Morgan fingerprint density at radius 3 is 2.19 bits per heavy atom. The molecule has 0 aromatic heterocycles. The number of rotatable bonds is 6. The maximum Gasteiger partial charge on any atom is 0.257 e. The lowest BCUT2D eigenvalue weighted by Crippen LogP contribution is -2.55. The van der Waals surface area contributed by atoms with Gasteiger partial charge in [0.15, 0.2) is 0 Å². The molecule has 2 heterocycles. The number of aromatic hydroxyl groups is 1. The molecule has 2 amide bonds. The monoisotopic (exact) mass is 432 g/mol. The molecule has 0 saturated carbocycles. The van der Waals surface area contributed by atoms with E-state index in [-0.39, 0.29) is 24.3 Å². The molecule has 0 bridgehead atoms. The third kappa shape index (κ3) is 5.96. The number of aryl methyl sites for hydroxylation is 2. The predicted molar refractivity (Wildman–Crippen MR) is 118 cm³/mol. The molecule has 1 aromatic carbocycles. The summed E-state index contributed by atoms with van der Waals surface area (Å²) in [5.74, 6) is 0.0945. The zero-order valence-electron chi connectivity index (χ0n) is 18.9. The number of carbonyl (C=O) groups excluding carboxylic acids is 2. The van der Waals surface area contributed by atoms with Crippen LogP contribution >= 0.6 is 0 Å². The summed E-state index contributed by atoms with van der Waals surface area (Å²) >= 11 is 0. The van der Waals surface area contributed by atoms with E-state index < -0.39 is 0 Å². The molecule has 3 rings (SSSR count). The lowest BCUT2D eigenvalue weighted by molar-refractivity contribution is -0.136. The fourth-order valence-electron chi connectivity index (χ4n) is 4.89. The van der Waals surface area contributed by atoms with Gasteiger partial charge < -0.3 is 10.0 Å². The van der Waals surface area contributed by atoms with Gasteiger partial charge in [0.2, 0.25) is 5.91 Å². The highest BCUT2D eigenvalue weighted by Crippen LogP contribution is 2.25. The Hall–Kier alpha value is -2.16. The number of nitrogens with zero attached hydrogens (tertiary/aromatic N) is 3. The number of nitrogens with one attached hydrogen (secondary N) is 1. The van der Waals surface area contributed by atoms with Crippen LogP contribution in [0.3, 0.4) is 0 Å². The quantitative estimate of drug-likeness (QED) is 0.463. The van der Waals surface area contributed by atoms with Crippen molar-refractivity contribution in [1.82, 2.24) is 20.2 Å². The van der Waals surface area contributed by atoms with E-state index in [4.69, 9.17) is 5.21 Å². The van der Waals surface area contributed by atoms with Crippen LogP contribution in [-0.4, -0.2) is 88.7 Å². The van der Waals surface area contributed by atoms with Crippen molar-refractivity contribution in [3.63, 3.8) is 0 Å². The molecule has 3 N–H and O–H groups in total. The van der Waals surface area contributed by atoms with Crippen LogP contribution in [0.15, 0.2) is 12.1 Å². The second kappa shape index (κ2) is 10.4. The Morgan fingerprint density at radius 1 is 1.06 bits per heavy atom. The van der Waals surface area contributed by atoms with Gasteiger partial charge in [-0.15, -0.1) is 0 Å². The summed E-state index contributed by atoms with van der Waals surface area (Å²) in [7, 11) is 0. The van der Waals surface area contributed by atoms with Gasteiger partial charge in [-0.05, 0) is 49.8 Å². The highest BCUT2D eigenvalue weighted by Gasteiger charge is 2.30. The number of hydroxylamine groups is 1. The van der Waals surface area contributed by atoms with Crippen molar-refractivity contribution in [2.24, 2.45) is 5.92 Å². The minimum Gasteiger partial charge on any atom is -0.507 e. The van der Waals surface area contributed by atoms with Crippen molar-refractivity contribution in [2.75, 3.05) is 45.8 Å². The SMILES string of the molecule is Cc1cc(C[C@@H](C)C(=O)N2CCC(N3CCN(CC(=O)NO)CC3)CC2)cc(C)c1O. The van der Waals surface area contributed by atoms with Crippen molar-refractivity contribution in [1.29, 1.82) is 0 Å². The van der Waals surface area contributed by atoms with Gasteiger partial charge in [0.1, 0.15) is 5.75 Å². The molecule has 0 unspecified atom stereocenters. The van der Waals surface area contributed by atoms with E-state index in [1.54, 1.807) is 5.48 Å². The molecule has 8 nitrogen and oxygen atoms in total. The molecule has 0 spiro atoms. The van der Waals surface area contributed by atoms with E-state index >= 15 is 0 Å². The molecule has 31 heavy (non-hydrogen) atoms. The third-order valence-electron chi connectivity index (χ3n) is 6.71. The number of hydrogen-bond donors (Lipinski definition) is 3. The van der Waals surface area contributed by atoms with Crippen molar-refractivity contribution in [2.45, 2.75) is 46.1 Å². The van der Waals surface area contributed by atoms with Crippen molar-refractivity contribution in [3.8, 4) is 5.75 Å². The van der Waals surface area contributed by atoms with Crippen LogP contribution in [0, 0.1) is 19.8 Å². The van der Waals surface area contributed by atoms with Crippen LogP contribution in [0.5, 0.6) is 5.75 Å². The molecule has 0 radical (unpaired) electrons. The van der Waals surface area contributed by atoms with Crippen LogP contribution in [-0.2, 0) is 16.0 Å². The van der Waals surface area contributed by atoms with Gasteiger partial charge in [0, 0.05) is 51.2 Å². The Bertz CT molecular complexity index is 761. The summed E-state index contributed by atoms with van der Waals surface area (Å²) in [5.41, 5.74) is 4.49. The highest BCUT2D eigenvalue weighted by molar-refractivity contribution is 5.79. The fraction of sp³-hybridized carbons (Fsp3) is 0.652. The highest BCUT2D eigenvalue weighted by atomic mass is 16.5. The standard InChI is InChI=1S/C23H36N4O4/c1-16-12-19(13-17(2)22(16)29)14-18(3)23(30)27-6-4-20(5-7-27)26-10-8-25(9-11-26)15-21(28)24-31/h12-13,18,20,29,31H,4-11,14-15H2,1-3H3,(H,24,28)/t18-/m1/s1. The maximum atomic E-state index is 13.0. The number of piperazine rings is 1. The van der Waals surface area contributed by atoms with Gasteiger partial charge in [-0.2, -0.15) is 0 Å². The van der Waals surface area contributed by atoms with Crippen molar-refractivity contribution in [3.05, 3.63) is 28.8 Å². The summed E-state index contributed by atoms with van der Waals surface area (Å²) in [4.78, 5) is 30.8. The smallest absolute Gasteiger partial charge is 0.257 e. The van der Waals surface area contributed by atoms with Crippen molar-refractivity contribution >= 4 is 11.8 Å². The first-order valence-corrected chi connectivity index (χ1v) is 11.3. The zero-order valence-corrected chi connectivity index (χ0v) is 18.9. The number of phenols is 1. The molecule has 2 fully saturated rings. The van der Waals surface area contributed by atoms with Gasteiger partial charge >= 0.3 is 0 Å². The van der Waals surface area contributed by atoms with E-state index in [9.17, 15) is 14.7 Å². The molecule has 1 atom stereocenters. The number of phenolic OH excluding ortho intramolecular Hbond substituents is 1. The zero-order chi connectivity index (χ0) is 22.5. The first kappa shape index (κ1) is 23.5. The average Bonchev–Trinajstić information content (AvgIpc) is 2.77. The van der Waals surface area contributed by atoms with Crippen LogP contribution in [0.25, 0.3) is 0 Å². The fourth-order valence-corrected chi connectivity index (χ4v) is 4.89. The lowest BCUT2D eigenvalue weighted by atomic mass is 9.95. The van der Waals surface area contributed by atoms with Gasteiger partial charge in [-0.1, -0.05) is 19.1 Å². The normalized spacial score (nSPS) is 19.9. The number of likely N-dealkylation sites (tertiary alicyclic amines) is 1. The van der Waals surface area contributed by atoms with Gasteiger partial charge in [-0.3, -0.25) is 24.6 Å². The summed E-state index contributed by atoms with van der Waals surface area (Å²) in [6.45, 7) is 11.0. The third-order valence-corrected chi connectivity index (χ3v) is 6.71. The molecule has 1 aromatic rings. The minimum absolute atomic E-state index is 0.0823. The first-order chi connectivity index (χ1) is 14.8. The average molecular weight is 433 g/mol. The maximum absolute atomic E-state index is 13.0. The Balaban J connectivity index is 1.45. The molecule has 0 aliphatic carbocycles. The first-order valence-electron chi connectivity index (χ1n) is 11.3. The number of piperidine rings is 1. The van der Waals surface area contributed by atoms with Gasteiger partial charge in [0.25, 0.3) is 5.91 Å². The number of benzene rings is 1. The summed E-state index contributed by atoms with van der Waals surface area (Å²) in [6, 6.07) is 4.43. The van der Waals surface area contributed by atoms with E-state index in [2.05, 4.69) is 9.80 Å². The summed E-state index contributed by atoms with van der Waals surface area (Å²) < 4.78 is 0. The Morgan fingerprint density at radius 2 is 1.65 bits per heavy atom. The lowest BCUT2D eigenvalue weighted by Gasteiger charge is -2.43. The van der Waals surface area contributed by atoms with Crippen LogP contribution < -0.4 is 5.48 Å². The van der Waals surface area contributed by atoms with Crippen LogP contribution in [0.2, 0.25) is 0 Å². The van der Waals surface area contributed by atoms with Crippen molar-refractivity contribution < 1.29 is 19.9 Å². The van der Waals surface area contributed by atoms with Gasteiger partial charge in [-0.25, -0.2) is 5.48 Å². The van der Waals surface area contributed by atoms with E-state index in [0.29, 0.717) is 18.2 Å². The van der Waals surface area contributed by atoms with E-state index in [1.165, 1.54) is 0 Å². The number of carbonyl (C=O) groups is 2. The number of amides is 2. The molecular formula is C23H36N4O4. The minimum atomic E-state index is -0.369. The number of hydrogen-bond acceptors (Lipinski definition) is 6. The molecule has 2 aliphatic rings. The predicted octanol–water partition coefficient (Wildman–Crippen LogP) is 1.30. The summed E-state index contributed by atoms with van der Waals surface area (Å²) in [5, 5.41) is 18.6. The largest absolute Gasteiger partial charge is 0.507 e. The van der Waals surface area contributed by atoms with E-state index in [1.807, 2.05) is 37.8 Å². The van der Waals surface area contributed by atoms with E-state index in [0.717, 1.165) is 68.8 Å². The van der Waals surface area contributed by atoms with Crippen LogP contribution in [0.1, 0.15) is 36.5 Å².